The summed E-state index contributed by atoms with van der Waals surface area (Å²) in [5.74, 6) is 0.540. The molecule has 86 valence electrons. The highest BCUT2D eigenvalue weighted by Crippen LogP contribution is 2.34. The van der Waals surface area contributed by atoms with E-state index < -0.39 is 11.7 Å². The summed E-state index contributed by atoms with van der Waals surface area (Å²) in [4.78, 5) is 0. The van der Waals surface area contributed by atoms with Crippen molar-refractivity contribution in [2.45, 2.75) is 13.1 Å². The second-order valence-corrected chi connectivity index (χ2v) is 3.50. The fourth-order valence-electron chi connectivity index (χ4n) is 1.71. The van der Waals surface area contributed by atoms with Crippen LogP contribution in [0.15, 0.2) is 24.4 Å². The van der Waals surface area contributed by atoms with Gasteiger partial charge in [0.2, 0.25) is 0 Å². The number of alkyl halides is 3. The van der Waals surface area contributed by atoms with Gasteiger partial charge in [-0.05, 0) is 19.1 Å². The molecule has 0 aliphatic rings. The molecule has 2 nitrogen and oxygen atoms in total. The van der Waals surface area contributed by atoms with Gasteiger partial charge in [0.25, 0.3) is 0 Å². The van der Waals surface area contributed by atoms with Gasteiger partial charge in [0, 0.05) is 23.5 Å². The molecule has 0 fully saturated rings. The Morgan fingerprint density at radius 3 is 2.50 bits per heavy atom. The molecule has 2 heterocycles. The highest BCUT2D eigenvalue weighted by molar-refractivity contribution is 5.57. The smallest absolute Gasteiger partial charge is 0.418 e. The summed E-state index contributed by atoms with van der Waals surface area (Å²) in [6, 6.07) is 4.32. The third-order valence-electron chi connectivity index (χ3n) is 2.54. The van der Waals surface area contributed by atoms with Crippen molar-refractivity contribution in [2.24, 2.45) is 0 Å². The monoisotopic (exact) mass is 229 g/mol. The molecule has 16 heavy (non-hydrogen) atoms. The predicted octanol–water partition coefficient (Wildman–Crippen LogP) is 3.28. The van der Waals surface area contributed by atoms with Crippen LogP contribution in [0.1, 0.15) is 11.3 Å². The topological polar surface area (TPSA) is 13.6 Å². The normalized spacial score (nSPS) is 12.1. The standard InChI is InChI=1S/C11H10F3NO/c1-7-10(11(12,13)14)6-8-5-9(16-2)3-4-15(7)8/h3-6H,1-2H3. The molecule has 0 radical (unpaired) electrons. The van der Waals surface area contributed by atoms with Gasteiger partial charge in [-0.2, -0.15) is 13.2 Å². The molecule has 0 aliphatic heterocycles. The van der Waals surface area contributed by atoms with E-state index in [4.69, 9.17) is 4.74 Å². The van der Waals surface area contributed by atoms with Gasteiger partial charge >= 0.3 is 6.18 Å². The van der Waals surface area contributed by atoms with E-state index >= 15 is 0 Å². The minimum absolute atomic E-state index is 0.185. The Kier molecular flexibility index (Phi) is 2.33. The number of aryl methyl sites for hydroxylation is 1. The summed E-state index contributed by atoms with van der Waals surface area (Å²) in [5.41, 5.74) is 0.0510. The maximum atomic E-state index is 12.6. The highest BCUT2D eigenvalue weighted by atomic mass is 19.4. The zero-order valence-corrected chi connectivity index (χ0v) is 8.80. The van der Waals surface area contributed by atoms with Crippen LogP contribution >= 0.6 is 0 Å². The lowest BCUT2D eigenvalue weighted by molar-refractivity contribution is -0.137. The molecule has 0 amide bonds. The third-order valence-corrected chi connectivity index (χ3v) is 2.54. The van der Waals surface area contributed by atoms with Gasteiger partial charge < -0.3 is 9.14 Å². The van der Waals surface area contributed by atoms with Crippen molar-refractivity contribution in [3.05, 3.63) is 35.7 Å². The van der Waals surface area contributed by atoms with Crippen LogP contribution in [0.4, 0.5) is 13.2 Å². The Morgan fingerprint density at radius 2 is 1.94 bits per heavy atom. The van der Waals surface area contributed by atoms with E-state index in [9.17, 15) is 13.2 Å². The molecular weight excluding hydrogens is 219 g/mol. The summed E-state index contributed by atoms with van der Waals surface area (Å²) in [6.07, 6.45) is -2.75. The number of halogens is 3. The Balaban J connectivity index is 2.68. The minimum Gasteiger partial charge on any atom is -0.497 e. The van der Waals surface area contributed by atoms with Crippen LogP contribution in [-0.2, 0) is 6.18 Å². The van der Waals surface area contributed by atoms with Gasteiger partial charge in [0.1, 0.15) is 5.75 Å². The van der Waals surface area contributed by atoms with Crippen LogP contribution < -0.4 is 4.74 Å². The van der Waals surface area contributed by atoms with Gasteiger partial charge in [0.15, 0.2) is 0 Å². The SMILES string of the molecule is COc1ccn2c(C)c(C(F)(F)F)cc2c1. The number of ether oxygens (including phenoxy) is 1. The Bertz CT molecular complexity index is 528. The molecule has 0 saturated carbocycles. The first-order valence-corrected chi connectivity index (χ1v) is 4.66. The van der Waals surface area contributed by atoms with Gasteiger partial charge in [-0.15, -0.1) is 0 Å². The Labute approximate surface area is 90.3 Å². The maximum absolute atomic E-state index is 12.6. The summed E-state index contributed by atoms with van der Waals surface area (Å²) in [6.45, 7) is 1.45. The summed E-state index contributed by atoms with van der Waals surface area (Å²) in [5, 5.41) is 0. The molecule has 2 aromatic rings. The summed E-state index contributed by atoms with van der Waals surface area (Å²) in [7, 11) is 1.48. The lowest BCUT2D eigenvalue weighted by Gasteiger charge is -2.05. The third kappa shape index (κ3) is 1.62. The largest absolute Gasteiger partial charge is 0.497 e. The minimum atomic E-state index is -4.32. The molecular formula is C11H10F3NO. The van der Waals surface area contributed by atoms with Crippen LogP contribution in [0.2, 0.25) is 0 Å². The molecule has 0 bridgehead atoms. The Morgan fingerprint density at radius 1 is 1.25 bits per heavy atom. The number of methoxy groups -OCH3 is 1. The van der Waals surface area contributed by atoms with E-state index in [1.807, 2.05) is 0 Å². The molecule has 2 aromatic heterocycles. The average Bonchev–Trinajstić information content (AvgIpc) is 2.55. The molecule has 0 aliphatic carbocycles. The fraction of sp³-hybridized carbons (Fsp3) is 0.273. The molecule has 0 aromatic carbocycles. The Hall–Kier alpha value is -1.65. The molecule has 5 heteroatoms. The zero-order valence-electron chi connectivity index (χ0n) is 8.80. The van der Waals surface area contributed by atoms with E-state index in [0.29, 0.717) is 11.3 Å². The van der Waals surface area contributed by atoms with Crippen molar-refractivity contribution in [3.8, 4) is 5.75 Å². The van der Waals surface area contributed by atoms with Crippen molar-refractivity contribution < 1.29 is 17.9 Å². The van der Waals surface area contributed by atoms with E-state index in [-0.39, 0.29) is 5.69 Å². The van der Waals surface area contributed by atoms with Gasteiger partial charge in [-0.1, -0.05) is 0 Å². The zero-order chi connectivity index (χ0) is 11.9. The number of pyridine rings is 1. The number of hydrogen-bond acceptors (Lipinski definition) is 1. The molecule has 0 unspecified atom stereocenters. The van der Waals surface area contributed by atoms with Crippen molar-refractivity contribution in [3.63, 3.8) is 0 Å². The van der Waals surface area contributed by atoms with Crippen molar-refractivity contribution in [1.82, 2.24) is 4.40 Å². The van der Waals surface area contributed by atoms with E-state index in [1.54, 1.807) is 18.3 Å². The number of rotatable bonds is 1. The first-order valence-electron chi connectivity index (χ1n) is 4.66. The van der Waals surface area contributed by atoms with E-state index in [1.165, 1.54) is 18.4 Å². The van der Waals surface area contributed by atoms with Crippen LogP contribution in [0.5, 0.6) is 5.75 Å². The van der Waals surface area contributed by atoms with Crippen LogP contribution in [0.3, 0.4) is 0 Å². The van der Waals surface area contributed by atoms with E-state index in [0.717, 1.165) is 6.07 Å². The number of aromatic nitrogens is 1. The second-order valence-electron chi connectivity index (χ2n) is 3.50. The average molecular weight is 229 g/mol. The van der Waals surface area contributed by atoms with Gasteiger partial charge in [-0.25, -0.2) is 0 Å². The first kappa shape index (κ1) is 10.9. The number of hydrogen-bond donors (Lipinski definition) is 0. The quantitative estimate of drug-likeness (QED) is 0.731. The molecule has 0 atom stereocenters. The van der Waals surface area contributed by atoms with E-state index in [2.05, 4.69) is 0 Å². The summed E-state index contributed by atoms with van der Waals surface area (Å²) >= 11 is 0. The molecule has 0 N–H and O–H groups in total. The van der Waals surface area contributed by atoms with Gasteiger partial charge in [0.05, 0.1) is 12.7 Å². The highest BCUT2D eigenvalue weighted by Gasteiger charge is 2.34. The van der Waals surface area contributed by atoms with Crippen LogP contribution in [0.25, 0.3) is 5.52 Å². The molecule has 2 rings (SSSR count). The van der Waals surface area contributed by atoms with Gasteiger partial charge in [-0.3, -0.25) is 0 Å². The molecule has 0 spiro atoms. The number of fused-ring (bicyclic) bond motifs is 1. The first-order chi connectivity index (χ1) is 7.43. The second kappa shape index (κ2) is 3.43. The van der Waals surface area contributed by atoms with Crippen molar-refractivity contribution in [2.75, 3.05) is 7.11 Å². The van der Waals surface area contributed by atoms with Crippen LogP contribution in [-0.4, -0.2) is 11.5 Å². The maximum Gasteiger partial charge on any atom is 0.418 e. The predicted molar refractivity (Wildman–Crippen MR) is 53.7 cm³/mol. The lowest BCUT2D eigenvalue weighted by atomic mass is 10.2. The van der Waals surface area contributed by atoms with Crippen LogP contribution in [0, 0.1) is 6.92 Å². The van der Waals surface area contributed by atoms with Crippen molar-refractivity contribution >= 4 is 5.52 Å². The summed E-state index contributed by atoms with van der Waals surface area (Å²) < 4.78 is 44.3. The number of nitrogens with zero attached hydrogens (tertiary/aromatic N) is 1. The lowest BCUT2D eigenvalue weighted by Crippen LogP contribution is -2.05. The van der Waals surface area contributed by atoms with Crippen molar-refractivity contribution in [1.29, 1.82) is 0 Å². The molecule has 0 saturated heterocycles. The fourth-order valence-corrected chi connectivity index (χ4v) is 1.71.